The highest BCUT2D eigenvalue weighted by molar-refractivity contribution is 8.00. The van der Waals surface area contributed by atoms with Crippen molar-refractivity contribution in [3.63, 3.8) is 0 Å². The van der Waals surface area contributed by atoms with Crippen molar-refractivity contribution in [1.82, 2.24) is 4.90 Å². The second-order valence-electron chi connectivity index (χ2n) is 5.75. The van der Waals surface area contributed by atoms with Gasteiger partial charge >= 0.3 is 0 Å². The molecule has 1 aliphatic heterocycles. The van der Waals surface area contributed by atoms with Crippen LogP contribution in [0.5, 0.6) is 0 Å². The summed E-state index contributed by atoms with van der Waals surface area (Å²) in [7, 11) is 0. The van der Waals surface area contributed by atoms with Gasteiger partial charge in [0.1, 0.15) is 0 Å². The molecule has 1 heterocycles. The molecule has 3 heteroatoms. The predicted octanol–water partition coefficient (Wildman–Crippen LogP) is 2.12. The zero-order chi connectivity index (χ0) is 10.9. The Balaban J connectivity index is 1.88. The first-order valence-corrected chi connectivity index (χ1v) is 7.06. The predicted molar refractivity (Wildman–Crippen MR) is 66.4 cm³/mol. The molecular formula is C12H23NOS. The molecule has 1 saturated heterocycles. The number of thioether (sulfide) groups is 1. The summed E-state index contributed by atoms with van der Waals surface area (Å²) in [6.45, 7) is 7.79. The fraction of sp³-hybridized carbons (Fsp3) is 1.00. The number of β-amino-alcohol motifs (C(OH)–C–C–N with tert-alkyl or cyclic N) is 1. The monoisotopic (exact) mass is 229 g/mol. The second kappa shape index (κ2) is 4.27. The maximum absolute atomic E-state index is 10.4. The Morgan fingerprint density at radius 1 is 1.27 bits per heavy atom. The maximum Gasteiger partial charge on any atom is 0.0774 e. The maximum atomic E-state index is 10.4. The minimum absolute atomic E-state index is 0.363. The third-order valence-electron chi connectivity index (χ3n) is 3.56. The lowest BCUT2D eigenvalue weighted by atomic mass is 10.0. The molecule has 0 unspecified atom stereocenters. The van der Waals surface area contributed by atoms with E-state index in [0.29, 0.717) is 4.75 Å². The average molecular weight is 229 g/mol. The van der Waals surface area contributed by atoms with E-state index in [2.05, 4.69) is 30.5 Å². The van der Waals surface area contributed by atoms with Crippen LogP contribution in [0.15, 0.2) is 0 Å². The van der Waals surface area contributed by atoms with Crippen molar-refractivity contribution < 1.29 is 5.11 Å². The van der Waals surface area contributed by atoms with Crippen molar-refractivity contribution in [1.29, 1.82) is 0 Å². The summed E-state index contributed by atoms with van der Waals surface area (Å²) in [4.78, 5) is 2.46. The zero-order valence-electron chi connectivity index (χ0n) is 9.96. The van der Waals surface area contributed by atoms with Crippen LogP contribution in [0.25, 0.3) is 0 Å². The van der Waals surface area contributed by atoms with Gasteiger partial charge in [-0.1, -0.05) is 12.8 Å². The van der Waals surface area contributed by atoms with Gasteiger partial charge in [-0.25, -0.2) is 0 Å². The highest BCUT2D eigenvalue weighted by atomic mass is 32.2. The smallest absolute Gasteiger partial charge is 0.0774 e. The van der Waals surface area contributed by atoms with Crippen molar-refractivity contribution in [3.05, 3.63) is 0 Å². The fourth-order valence-corrected chi connectivity index (χ4v) is 4.03. The van der Waals surface area contributed by atoms with Crippen molar-refractivity contribution >= 4 is 11.8 Å². The average Bonchev–Trinajstić information content (AvgIpc) is 2.49. The van der Waals surface area contributed by atoms with Crippen LogP contribution in [0.2, 0.25) is 0 Å². The minimum atomic E-state index is -0.363. The summed E-state index contributed by atoms with van der Waals surface area (Å²) < 4.78 is 0.368. The third-order valence-corrected chi connectivity index (χ3v) is 4.85. The molecule has 0 aromatic carbocycles. The van der Waals surface area contributed by atoms with Crippen LogP contribution in [0.3, 0.4) is 0 Å². The lowest BCUT2D eigenvalue weighted by molar-refractivity contribution is 0.00836. The number of hydrogen-bond acceptors (Lipinski definition) is 3. The Hall–Kier alpha value is 0.270. The molecule has 88 valence electrons. The van der Waals surface area contributed by atoms with Crippen LogP contribution in [-0.2, 0) is 0 Å². The Bertz CT molecular complexity index is 224. The van der Waals surface area contributed by atoms with E-state index in [1.807, 2.05) is 0 Å². The van der Waals surface area contributed by atoms with Crippen molar-refractivity contribution in [2.45, 2.75) is 49.9 Å². The van der Waals surface area contributed by atoms with Crippen LogP contribution in [-0.4, -0.2) is 45.7 Å². The van der Waals surface area contributed by atoms with Gasteiger partial charge in [-0.05, 0) is 26.7 Å². The van der Waals surface area contributed by atoms with E-state index in [1.54, 1.807) is 0 Å². The lowest BCUT2D eigenvalue weighted by Crippen LogP contribution is -2.49. The molecule has 1 N–H and O–H groups in total. The Morgan fingerprint density at radius 2 is 1.93 bits per heavy atom. The van der Waals surface area contributed by atoms with Gasteiger partial charge in [-0.2, -0.15) is 11.8 Å². The van der Waals surface area contributed by atoms with Crippen molar-refractivity contribution in [2.75, 3.05) is 25.4 Å². The quantitative estimate of drug-likeness (QED) is 0.784. The first-order valence-electron chi connectivity index (χ1n) is 6.08. The molecule has 2 aliphatic rings. The molecule has 2 rings (SSSR count). The summed E-state index contributed by atoms with van der Waals surface area (Å²) in [5.74, 6) is 1.21. The van der Waals surface area contributed by atoms with Crippen molar-refractivity contribution in [3.8, 4) is 0 Å². The topological polar surface area (TPSA) is 23.5 Å². The molecule has 0 aromatic heterocycles. The van der Waals surface area contributed by atoms with Crippen LogP contribution in [0.1, 0.15) is 39.5 Å². The zero-order valence-corrected chi connectivity index (χ0v) is 10.8. The Morgan fingerprint density at radius 3 is 2.53 bits per heavy atom. The van der Waals surface area contributed by atoms with Gasteiger partial charge < -0.3 is 5.11 Å². The summed E-state index contributed by atoms with van der Waals surface area (Å²) >= 11 is 2.06. The van der Waals surface area contributed by atoms with E-state index in [-0.39, 0.29) is 5.60 Å². The molecule has 1 saturated carbocycles. The van der Waals surface area contributed by atoms with Gasteiger partial charge in [-0.15, -0.1) is 0 Å². The Kier molecular flexibility index (Phi) is 3.34. The highest BCUT2D eigenvalue weighted by Crippen LogP contribution is 2.34. The minimum Gasteiger partial charge on any atom is -0.389 e. The molecule has 2 fully saturated rings. The van der Waals surface area contributed by atoms with E-state index < -0.39 is 0 Å². The second-order valence-corrected chi connectivity index (χ2v) is 7.55. The van der Waals surface area contributed by atoms with Gasteiger partial charge in [-0.3, -0.25) is 4.90 Å². The van der Waals surface area contributed by atoms with Gasteiger partial charge in [0, 0.05) is 30.1 Å². The van der Waals surface area contributed by atoms with E-state index in [9.17, 15) is 5.11 Å². The standard InChI is InChI=1S/C12H23NOS/c1-11(2)9-13(7-8-15-11)10-12(14)5-3-4-6-12/h14H,3-10H2,1-2H3. The van der Waals surface area contributed by atoms with Gasteiger partial charge in [0.05, 0.1) is 5.60 Å². The number of nitrogens with zero attached hydrogens (tertiary/aromatic N) is 1. The number of aliphatic hydroxyl groups is 1. The normalized spacial score (nSPS) is 30.6. The molecule has 0 atom stereocenters. The summed E-state index contributed by atoms with van der Waals surface area (Å²) in [6, 6.07) is 0. The SMILES string of the molecule is CC1(C)CN(CC2(O)CCCC2)CCS1. The van der Waals surface area contributed by atoms with Crippen molar-refractivity contribution in [2.24, 2.45) is 0 Å². The molecule has 0 aromatic rings. The molecular weight excluding hydrogens is 206 g/mol. The summed E-state index contributed by atoms with van der Waals surface area (Å²) in [5, 5.41) is 10.4. The van der Waals surface area contributed by atoms with E-state index in [1.165, 1.54) is 18.6 Å². The van der Waals surface area contributed by atoms with Crippen LogP contribution < -0.4 is 0 Å². The molecule has 1 aliphatic carbocycles. The highest BCUT2D eigenvalue weighted by Gasteiger charge is 2.36. The molecule has 2 nitrogen and oxygen atoms in total. The first kappa shape index (κ1) is 11.7. The number of rotatable bonds is 2. The van der Waals surface area contributed by atoms with Gasteiger partial charge in [0.25, 0.3) is 0 Å². The van der Waals surface area contributed by atoms with E-state index in [0.717, 1.165) is 32.5 Å². The van der Waals surface area contributed by atoms with Crippen LogP contribution in [0, 0.1) is 0 Å². The van der Waals surface area contributed by atoms with Gasteiger partial charge in [0.15, 0.2) is 0 Å². The first-order chi connectivity index (χ1) is 6.99. The van der Waals surface area contributed by atoms with Gasteiger partial charge in [0.2, 0.25) is 0 Å². The summed E-state index contributed by atoms with van der Waals surface area (Å²) in [5.41, 5.74) is -0.363. The number of hydrogen-bond donors (Lipinski definition) is 1. The van der Waals surface area contributed by atoms with E-state index in [4.69, 9.17) is 0 Å². The fourth-order valence-electron chi connectivity index (χ4n) is 2.86. The summed E-state index contributed by atoms with van der Waals surface area (Å²) in [6.07, 6.45) is 4.44. The Labute approximate surface area is 97.4 Å². The molecule has 0 bridgehead atoms. The van der Waals surface area contributed by atoms with Crippen LogP contribution >= 0.6 is 11.8 Å². The van der Waals surface area contributed by atoms with Crippen LogP contribution in [0.4, 0.5) is 0 Å². The van der Waals surface area contributed by atoms with E-state index >= 15 is 0 Å². The molecule has 0 amide bonds. The largest absolute Gasteiger partial charge is 0.389 e. The molecule has 0 spiro atoms. The third kappa shape index (κ3) is 3.11. The molecule has 15 heavy (non-hydrogen) atoms. The molecule has 0 radical (unpaired) electrons. The lowest BCUT2D eigenvalue weighted by Gasteiger charge is -2.40.